The SMILES string of the molecule is Cc1c(CCNS(=O)(=O)N(C)C)c2ccc(-c3ccncc3)cc2n1CC(C)C. The molecule has 0 amide bonds. The second kappa shape index (κ2) is 8.65. The second-order valence-corrected chi connectivity index (χ2v) is 9.94. The Morgan fingerprint density at radius 1 is 1.10 bits per heavy atom. The molecule has 0 saturated heterocycles. The first-order chi connectivity index (χ1) is 13.7. The fourth-order valence-electron chi connectivity index (χ4n) is 3.62. The first-order valence-electron chi connectivity index (χ1n) is 9.90. The molecule has 6 nitrogen and oxygen atoms in total. The largest absolute Gasteiger partial charge is 0.344 e. The van der Waals surface area contributed by atoms with Crippen LogP contribution in [0.25, 0.3) is 22.0 Å². The Bertz CT molecular complexity index is 1090. The summed E-state index contributed by atoms with van der Waals surface area (Å²) in [6.45, 7) is 7.84. The Balaban J connectivity index is 2.00. The number of rotatable bonds is 8. The van der Waals surface area contributed by atoms with Crippen molar-refractivity contribution in [2.45, 2.75) is 33.7 Å². The van der Waals surface area contributed by atoms with Crippen molar-refractivity contribution in [3.8, 4) is 11.1 Å². The molecule has 0 unspecified atom stereocenters. The number of hydrogen-bond donors (Lipinski definition) is 1. The molecule has 3 aromatic rings. The highest BCUT2D eigenvalue weighted by Gasteiger charge is 2.17. The van der Waals surface area contributed by atoms with E-state index in [9.17, 15) is 8.42 Å². The Labute approximate surface area is 173 Å². The number of benzene rings is 1. The summed E-state index contributed by atoms with van der Waals surface area (Å²) in [6, 6.07) is 10.5. The zero-order valence-corrected chi connectivity index (χ0v) is 18.6. The zero-order valence-electron chi connectivity index (χ0n) is 17.8. The van der Waals surface area contributed by atoms with Gasteiger partial charge in [0.2, 0.25) is 0 Å². The smallest absolute Gasteiger partial charge is 0.278 e. The minimum Gasteiger partial charge on any atom is -0.344 e. The van der Waals surface area contributed by atoms with Crippen LogP contribution in [0.4, 0.5) is 0 Å². The number of nitrogens with zero attached hydrogens (tertiary/aromatic N) is 3. The monoisotopic (exact) mass is 414 g/mol. The Kier molecular flexibility index (Phi) is 6.41. The molecule has 156 valence electrons. The van der Waals surface area contributed by atoms with Crippen molar-refractivity contribution < 1.29 is 8.42 Å². The van der Waals surface area contributed by atoms with Gasteiger partial charge in [0.15, 0.2) is 0 Å². The molecular formula is C22H30N4O2S. The van der Waals surface area contributed by atoms with E-state index in [0.717, 1.165) is 17.7 Å². The van der Waals surface area contributed by atoms with Crippen LogP contribution in [-0.2, 0) is 23.2 Å². The van der Waals surface area contributed by atoms with Crippen LogP contribution in [-0.4, -0.2) is 42.9 Å². The van der Waals surface area contributed by atoms with E-state index in [1.165, 1.54) is 40.6 Å². The predicted octanol–water partition coefficient (Wildman–Crippen LogP) is 3.61. The van der Waals surface area contributed by atoms with E-state index in [0.29, 0.717) is 18.9 Å². The number of hydrogen-bond acceptors (Lipinski definition) is 3. The second-order valence-electron chi connectivity index (χ2n) is 7.97. The maximum absolute atomic E-state index is 12.0. The van der Waals surface area contributed by atoms with Crippen molar-refractivity contribution in [1.29, 1.82) is 0 Å². The van der Waals surface area contributed by atoms with E-state index in [4.69, 9.17) is 0 Å². The van der Waals surface area contributed by atoms with Gasteiger partial charge in [0.05, 0.1) is 0 Å². The molecule has 3 rings (SSSR count). The fraction of sp³-hybridized carbons (Fsp3) is 0.409. The van der Waals surface area contributed by atoms with E-state index >= 15 is 0 Å². The van der Waals surface area contributed by atoms with Crippen molar-refractivity contribution >= 4 is 21.1 Å². The highest BCUT2D eigenvalue weighted by atomic mass is 32.2. The van der Waals surface area contributed by atoms with Crippen molar-refractivity contribution in [1.82, 2.24) is 18.6 Å². The van der Waals surface area contributed by atoms with Crippen molar-refractivity contribution in [3.05, 3.63) is 54.0 Å². The number of pyridine rings is 1. The van der Waals surface area contributed by atoms with Crippen LogP contribution in [0.2, 0.25) is 0 Å². The van der Waals surface area contributed by atoms with Gasteiger partial charge in [-0.25, -0.2) is 4.72 Å². The van der Waals surface area contributed by atoms with E-state index in [1.54, 1.807) is 12.4 Å². The first-order valence-corrected chi connectivity index (χ1v) is 11.3. The molecule has 0 fully saturated rings. The van der Waals surface area contributed by atoms with Crippen LogP contribution < -0.4 is 4.72 Å². The van der Waals surface area contributed by atoms with Gasteiger partial charge >= 0.3 is 0 Å². The summed E-state index contributed by atoms with van der Waals surface area (Å²) >= 11 is 0. The van der Waals surface area contributed by atoms with E-state index in [1.807, 2.05) is 12.1 Å². The molecule has 0 aliphatic heterocycles. The van der Waals surface area contributed by atoms with E-state index in [-0.39, 0.29) is 0 Å². The van der Waals surface area contributed by atoms with E-state index in [2.05, 4.69) is 53.2 Å². The van der Waals surface area contributed by atoms with Gasteiger partial charge < -0.3 is 4.57 Å². The fourth-order valence-corrected chi connectivity index (χ4v) is 4.24. The number of aromatic nitrogens is 2. The van der Waals surface area contributed by atoms with E-state index < -0.39 is 10.2 Å². The number of nitrogens with one attached hydrogen (secondary N) is 1. The molecule has 0 saturated carbocycles. The Morgan fingerprint density at radius 3 is 2.41 bits per heavy atom. The third-order valence-corrected chi connectivity index (χ3v) is 6.69. The molecule has 0 radical (unpaired) electrons. The summed E-state index contributed by atoms with van der Waals surface area (Å²) < 4.78 is 30.3. The quantitative estimate of drug-likeness (QED) is 0.612. The van der Waals surface area contributed by atoms with Crippen LogP contribution in [0.3, 0.4) is 0 Å². The minimum atomic E-state index is -3.42. The summed E-state index contributed by atoms with van der Waals surface area (Å²) in [5, 5.41) is 1.19. The van der Waals surface area contributed by atoms with Crippen molar-refractivity contribution in [2.24, 2.45) is 5.92 Å². The molecule has 0 aliphatic rings. The third-order valence-electron chi connectivity index (χ3n) is 5.16. The van der Waals surface area contributed by atoms with Gasteiger partial charge in [-0.3, -0.25) is 4.98 Å². The summed E-state index contributed by atoms with van der Waals surface area (Å²) in [5.74, 6) is 0.508. The first kappa shape index (κ1) is 21.5. The minimum absolute atomic E-state index is 0.369. The van der Waals surface area contributed by atoms with Crippen LogP contribution >= 0.6 is 0 Å². The van der Waals surface area contributed by atoms with Gasteiger partial charge in [-0.1, -0.05) is 26.0 Å². The van der Waals surface area contributed by atoms with Gasteiger partial charge in [0.1, 0.15) is 0 Å². The molecule has 0 bridgehead atoms. The lowest BCUT2D eigenvalue weighted by atomic mass is 10.0. The molecule has 0 spiro atoms. The Morgan fingerprint density at radius 2 is 1.79 bits per heavy atom. The van der Waals surface area contributed by atoms with Crippen molar-refractivity contribution in [2.75, 3.05) is 20.6 Å². The van der Waals surface area contributed by atoms with Gasteiger partial charge in [0, 0.05) is 56.2 Å². The van der Waals surface area contributed by atoms with Crippen LogP contribution in [0.15, 0.2) is 42.7 Å². The standard InChI is InChI=1S/C22H30N4O2S/c1-16(2)15-26-17(3)20(10-13-24-29(27,28)25(4)5)21-7-6-19(14-22(21)26)18-8-11-23-12-9-18/h6-9,11-12,14,16,24H,10,13,15H2,1-5H3. The third kappa shape index (κ3) is 4.69. The van der Waals surface area contributed by atoms with Crippen LogP contribution in [0, 0.1) is 12.8 Å². The molecule has 1 N–H and O–H groups in total. The zero-order chi connectivity index (χ0) is 21.2. The molecule has 2 heterocycles. The van der Waals surface area contributed by atoms with Crippen molar-refractivity contribution in [3.63, 3.8) is 0 Å². The highest BCUT2D eigenvalue weighted by molar-refractivity contribution is 7.87. The average Bonchev–Trinajstić information content (AvgIpc) is 2.93. The molecule has 29 heavy (non-hydrogen) atoms. The van der Waals surface area contributed by atoms with Crippen LogP contribution in [0.1, 0.15) is 25.1 Å². The summed E-state index contributed by atoms with van der Waals surface area (Å²) in [7, 11) is -0.358. The van der Waals surface area contributed by atoms with Gasteiger partial charge in [-0.05, 0) is 54.2 Å². The summed E-state index contributed by atoms with van der Waals surface area (Å²) in [5.41, 5.74) is 5.88. The summed E-state index contributed by atoms with van der Waals surface area (Å²) in [4.78, 5) is 4.11. The molecule has 7 heteroatoms. The molecular weight excluding hydrogens is 384 g/mol. The van der Waals surface area contributed by atoms with Gasteiger partial charge in [-0.15, -0.1) is 0 Å². The predicted molar refractivity (Wildman–Crippen MR) is 119 cm³/mol. The average molecular weight is 415 g/mol. The lowest BCUT2D eigenvalue weighted by molar-refractivity contribution is 0.505. The maximum Gasteiger partial charge on any atom is 0.278 e. The molecule has 0 atom stereocenters. The van der Waals surface area contributed by atoms with Gasteiger partial charge in [0.25, 0.3) is 10.2 Å². The molecule has 1 aromatic carbocycles. The van der Waals surface area contributed by atoms with Gasteiger partial charge in [-0.2, -0.15) is 12.7 Å². The molecule has 2 aromatic heterocycles. The lowest BCUT2D eigenvalue weighted by Gasteiger charge is -2.13. The highest BCUT2D eigenvalue weighted by Crippen LogP contribution is 2.31. The molecule has 0 aliphatic carbocycles. The number of fused-ring (bicyclic) bond motifs is 1. The van der Waals surface area contributed by atoms with Crippen LogP contribution in [0.5, 0.6) is 0 Å². The lowest BCUT2D eigenvalue weighted by Crippen LogP contribution is -2.36. The summed E-state index contributed by atoms with van der Waals surface area (Å²) in [6.07, 6.45) is 4.26. The normalized spacial score (nSPS) is 12.4. The topological polar surface area (TPSA) is 67.2 Å². The Hall–Kier alpha value is -2.22. The maximum atomic E-state index is 12.0.